The fourth-order valence-electron chi connectivity index (χ4n) is 0.816. The molecule has 0 aromatic carbocycles. The number of imidazole rings is 1. The summed E-state index contributed by atoms with van der Waals surface area (Å²) in [5.41, 5.74) is 0. The maximum absolute atomic E-state index is 4.13. The molecule has 2 aromatic heterocycles. The Hall–Kier alpha value is -0.980. The fourth-order valence-corrected chi connectivity index (χ4v) is 1.09. The standard InChI is InChI=1S/C7H5IN4/c8-6-3-10-7(11-4-6)12-2-1-9-5-12/h1-5H. The van der Waals surface area contributed by atoms with Crippen molar-refractivity contribution in [2.24, 2.45) is 0 Å². The molecule has 0 spiro atoms. The van der Waals surface area contributed by atoms with Crippen LogP contribution in [-0.2, 0) is 0 Å². The Balaban J connectivity index is 2.43. The molecule has 0 aliphatic rings. The third-order valence-corrected chi connectivity index (χ3v) is 1.90. The lowest BCUT2D eigenvalue weighted by Crippen LogP contribution is -1.97. The minimum Gasteiger partial charge on any atom is -0.274 e. The highest BCUT2D eigenvalue weighted by Gasteiger charge is 1.96. The monoisotopic (exact) mass is 272 g/mol. The zero-order valence-electron chi connectivity index (χ0n) is 6.05. The summed E-state index contributed by atoms with van der Waals surface area (Å²) in [6, 6.07) is 0. The predicted octanol–water partition coefficient (Wildman–Crippen LogP) is 1.27. The first kappa shape index (κ1) is 7.66. The third kappa shape index (κ3) is 1.45. The lowest BCUT2D eigenvalue weighted by atomic mass is 10.7. The lowest BCUT2D eigenvalue weighted by Gasteiger charge is -1.97. The van der Waals surface area contributed by atoms with Gasteiger partial charge in [-0.15, -0.1) is 0 Å². The fraction of sp³-hybridized carbons (Fsp3) is 0. The molecule has 4 nitrogen and oxygen atoms in total. The molecule has 0 unspecified atom stereocenters. The van der Waals surface area contributed by atoms with E-state index in [-0.39, 0.29) is 0 Å². The van der Waals surface area contributed by atoms with Crippen LogP contribution >= 0.6 is 22.6 Å². The van der Waals surface area contributed by atoms with Gasteiger partial charge in [0.15, 0.2) is 0 Å². The van der Waals surface area contributed by atoms with Gasteiger partial charge in [0, 0.05) is 28.4 Å². The molecular formula is C7H5IN4. The van der Waals surface area contributed by atoms with Gasteiger partial charge in [-0.2, -0.15) is 0 Å². The predicted molar refractivity (Wildman–Crippen MR) is 51.9 cm³/mol. The van der Waals surface area contributed by atoms with Crippen LogP contribution < -0.4 is 0 Å². The largest absolute Gasteiger partial charge is 0.274 e. The summed E-state index contributed by atoms with van der Waals surface area (Å²) < 4.78 is 2.78. The molecule has 0 saturated heterocycles. The van der Waals surface area contributed by atoms with E-state index in [9.17, 15) is 0 Å². The molecule has 0 amide bonds. The van der Waals surface area contributed by atoms with E-state index in [1.807, 2.05) is 6.20 Å². The zero-order chi connectivity index (χ0) is 8.39. The summed E-state index contributed by atoms with van der Waals surface area (Å²) >= 11 is 2.16. The Morgan fingerprint density at radius 1 is 1.25 bits per heavy atom. The summed E-state index contributed by atoms with van der Waals surface area (Å²) in [7, 11) is 0. The van der Waals surface area contributed by atoms with E-state index in [1.54, 1.807) is 29.5 Å². The van der Waals surface area contributed by atoms with Crippen molar-refractivity contribution in [1.82, 2.24) is 19.5 Å². The summed E-state index contributed by atoms with van der Waals surface area (Å²) in [5.74, 6) is 0.646. The van der Waals surface area contributed by atoms with Gasteiger partial charge in [-0.1, -0.05) is 0 Å². The molecule has 0 radical (unpaired) electrons. The Labute approximate surface area is 82.8 Å². The van der Waals surface area contributed by atoms with Crippen molar-refractivity contribution in [1.29, 1.82) is 0 Å². The van der Waals surface area contributed by atoms with Crippen LogP contribution in [0.2, 0.25) is 0 Å². The van der Waals surface area contributed by atoms with Gasteiger partial charge in [0.05, 0.1) is 0 Å². The second-order valence-corrected chi connectivity index (χ2v) is 3.42. The van der Waals surface area contributed by atoms with E-state index in [1.165, 1.54) is 0 Å². The Morgan fingerprint density at radius 3 is 2.58 bits per heavy atom. The highest BCUT2D eigenvalue weighted by molar-refractivity contribution is 14.1. The second kappa shape index (κ2) is 3.18. The lowest BCUT2D eigenvalue weighted by molar-refractivity contribution is 0.921. The Kier molecular flexibility index (Phi) is 2.03. The van der Waals surface area contributed by atoms with E-state index in [0.29, 0.717) is 5.95 Å². The van der Waals surface area contributed by atoms with Crippen molar-refractivity contribution in [2.45, 2.75) is 0 Å². The van der Waals surface area contributed by atoms with Crippen LogP contribution in [-0.4, -0.2) is 19.5 Å². The SMILES string of the molecule is Ic1cnc(-n2ccnc2)nc1. The maximum atomic E-state index is 4.13. The highest BCUT2D eigenvalue weighted by Crippen LogP contribution is 2.02. The van der Waals surface area contributed by atoms with Crippen molar-refractivity contribution in [3.05, 3.63) is 34.7 Å². The molecular weight excluding hydrogens is 267 g/mol. The van der Waals surface area contributed by atoms with Crippen molar-refractivity contribution in [3.63, 3.8) is 0 Å². The van der Waals surface area contributed by atoms with Crippen molar-refractivity contribution in [3.8, 4) is 5.95 Å². The maximum Gasteiger partial charge on any atom is 0.234 e. The van der Waals surface area contributed by atoms with Crippen molar-refractivity contribution in [2.75, 3.05) is 0 Å². The van der Waals surface area contributed by atoms with Crippen LogP contribution in [0.1, 0.15) is 0 Å². The second-order valence-electron chi connectivity index (χ2n) is 2.17. The van der Waals surface area contributed by atoms with Gasteiger partial charge in [-0.25, -0.2) is 15.0 Å². The summed E-state index contributed by atoms with van der Waals surface area (Å²) in [6.45, 7) is 0. The van der Waals surface area contributed by atoms with E-state index in [4.69, 9.17) is 0 Å². The third-order valence-electron chi connectivity index (χ3n) is 1.34. The molecule has 60 valence electrons. The van der Waals surface area contributed by atoms with Crippen LogP contribution in [0, 0.1) is 3.57 Å². The first-order valence-electron chi connectivity index (χ1n) is 3.32. The zero-order valence-corrected chi connectivity index (χ0v) is 8.21. The van der Waals surface area contributed by atoms with Gasteiger partial charge >= 0.3 is 0 Å². The molecule has 0 fully saturated rings. The van der Waals surface area contributed by atoms with Crippen LogP contribution in [0.4, 0.5) is 0 Å². The summed E-state index contributed by atoms with van der Waals surface area (Å²) in [4.78, 5) is 12.2. The first-order chi connectivity index (χ1) is 5.86. The van der Waals surface area contributed by atoms with Crippen molar-refractivity contribution >= 4 is 22.6 Å². The Morgan fingerprint density at radius 2 is 2.00 bits per heavy atom. The minimum absolute atomic E-state index is 0.646. The number of nitrogens with zero attached hydrogens (tertiary/aromatic N) is 4. The summed E-state index contributed by atoms with van der Waals surface area (Å²) in [6.07, 6.45) is 8.71. The quantitative estimate of drug-likeness (QED) is 0.734. The van der Waals surface area contributed by atoms with Gasteiger partial charge in [-0.3, -0.25) is 4.57 Å². The molecule has 0 saturated carbocycles. The molecule has 5 heteroatoms. The van der Waals surface area contributed by atoms with E-state index in [0.717, 1.165) is 3.57 Å². The van der Waals surface area contributed by atoms with Gasteiger partial charge in [0.1, 0.15) is 6.33 Å². The molecule has 0 atom stereocenters. The highest BCUT2D eigenvalue weighted by atomic mass is 127. The molecule has 2 rings (SSSR count). The Bertz CT molecular complexity index is 353. The topological polar surface area (TPSA) is 43.6 Å². The molecule has 12 heavy (non-hydrogen) atoms. The van der Waals surface area contributed by atoms with E-state index >= 15 is 0 Å². The smallest absolute Gasteiger partial charge is 0.234 e. The van der Waals surface area contributed by atoms with Crippen molar-refractivity contribution < 1.29 is 0 Å². The normalized spacial score (nSPS) is 10.1. The molecule has 0 aliphatic heterocycles. The number of rotatable bonds is 1. The molecule has 2 aromatic rings. The molecule has 2 heterocycles. The molecule has 0 aliphatic carbocycles. The van der Waals surface area contributed by atoms with Gasteiger partial charge in [0.25, 0.3) is 0 Å². The van der Waals surface area contributed by atoms with E-state index < -0.39 is 0 Å². The van der Waals surface area contributed by atoms with Crippen LogP contribution in [0.5, 0.6) is 0 Å². The minimum atomic E-state index is 0.646. The van der Waals surface area contributed by atoms with Crippen LogP contribution in [0.15, 0.2) is 31.1 Å². The van der Waals surface area contributed by atoms with Gasteiger partial charge in [-0.05, 0) is 22.6 Å². The number of aromatic nitrogens is 4. The van der Waals surface area contributed by atoms with Crippen LogP contribution in [0.25, 0.3) is 5.95 Å². The first-order valence-corrected chi connectivity index (χ1v) is 4.40. The number of hydrogen-bond donors (Lipinski definition) is 0. The average molecular weight is 272 g/mol. The number of hydrogen-bond acceptors (Lipinski definition) is 3. The molecule has 0 N–H and O–H groups in total. The van der Waals surface area contributed by atoms with Crippen LogP contribution in [0.3, 0.4) is 0 Å². The van der Waals surface area contributed by atoms with Gasteiger partial charge in [0.2, 0.25) is 5.95 Å². The van der Waals surface area contributed by atoms with Gasteiger partial charge < -0.3 is 0 Å². The van der Waals surface area contributed by atoms with E-state index in [2.05, 4.69) is 37.5 Å². The number of halogens is 1. The molecule has 0 bridgehead atoms. The summed E-state index contributed by atoms with van der Waals surface area (Å²) in [5, 5.41) is 0. The average Bonchev–Trinajstić information content (AvgIpc) is 2.58.